The topological polar surface area (TPSA) is 40.5 Å². The SMILES string of the molecule is CCOc1ccc2c(c1)OC(=Cc1cn(C)c3ccccc13)C2=O. The van der Waals surface area contributed by atoms with Crippen LogP contribution in [0.4, 0.5) is 0 Å². The van der Waals surface area contributed by atoms with E-state index < -0.39 is 0 Å². The molecule has 3 aromatic rings. The summed E-state index contributed by atoms with van der Waals surface area (Å²) >= 11 is 0. The van der Waals surface area contributed by atoms with E-state index in [1.54, 1.807) is 18.2 Å². The summed E-state index contributed by atoms with van der Waals surface area (Å²) in [6, 6.07) is 13.4. The number of aromatic nitrogens is 1. The van der Waals surface area contributed by atoms with Gasteiger partial charge in [-0.3, -0.25) is 4.79 Å². The lowest BCUT2D eigenvalue weighted by Gasteiger charge is -2.03. The zero-order valence-electron chi connectivity index (χ0n) is 13.6. The Kier molecular flexibility index (Phi) is 3.38. The van der Waals surface area contributed by atoms with Crippen molar-refractivity contribution in [2.75, 3.05) is 6.61 Å². The standard InChI is InChI=1S/C20H17NO3/c1-3-23-14-8-9-16-18(11-14)24-19(20(16)22)10-13-12-21(2)17-7-5-4-6-15(13)17/h4-12H,3H2,1-2H3. The van der Waals surface area contributed by atoms with E-state index in [-0.39, 0.29) is 5.78 Å². The van der Waals surface area contributed by atoms with Crippen molar-refractivity contribution in [2.45, 2.75) is 6.92 Å². The maximum absolute atomic E-state index is 12.6. The van der Waals surface area contributed by atoms with Crippen molar-refractivity contribution in [1.29, 1.82) is 0 Å². The van der Waals surface area contributed by atoms with Crippen molar-refractivity contribution >= 4 is 22.8 Å². The highest BCUT2D eigenvalue weighted by Gasteiger charge is 2.28. The van der Waals surface area contributed by atoms with Crippen LogP contribution in [0.1, 0.15) is 22.8 Å². The van der Waals surface area contributed by atoms with Crippen molar-refractivity contribution < 1.29 is 14.3 Å². The molecule has 1 aromatic heterocycles. The molecule has 4 nitrogen and oxygen atoms in total. The van der Waals surface area contributed by atoms with Gasteiger partial charge in [-0.25, -0.2) is 0 Å². The van der Waals surface area contributed by atoms with Crippen LogP contribution in [0.25, 0.3) is 17.0 Å². The monoisotopic (exact) mass is 319 g/mol. The van der Waals surface area contributed by atoms with Gasteiger partial charge in [0.1, 0.15) is 11.5 Å². The maximum atomic E-state index is 12.6. The summed E-state index contributed by atoms with van der Waals surface area (Å²) in [5.74, 6) is 1.50. The lowest BCUT2D eigenvalue weighted by atomic mass is 10.1. The van der Waals surface area contributed by atoms with E-state index in [1.165, 1.54) is 0 Å². The first-order valence-corrected chi connectivity index (χ1v) is 7.92. The Labute approximate surface area is 139 Å². The van der Waals surface area contributed by atoms with Crippen molar-refractivity contribution in [3.63, 3.8) is 0 Å². The molecule has 0 radical (unpaired) electrons. The van der Waals surface area contributed by atoms with Gasteiger partial charge in [0.05, 0.1) is 12.2 Å². The predicted molar refractivity (Wildman–Crippen MR) is 93.5 cm³/mol. The van der Waals surface area contributed by atoms with Crippen molar-refractivity contribution in [3.05, 3.63) is 65.5 Å². The van der Waals surface area contributed by atoms with Crippen molar-refractivity contribution in [1.82, 2.24) is 4.57 Å². The average Bonchev–Trinajstić information content (AvgIpc) is 3.07. The third-order valence-electron chi connectivity index (χ3n) is 4.17. The molecule has 0 spiro atoms. The quantitative estimate of drug-likeness (QED) is 0.680. The Balaban J connectivity index is 1.75. The van der Waals surface area contributed by atoms with E-state index in [4.69, 9.17) is 9.47 Å². The van der Waals surface area contributed by atoms with Gasteiger partial charge in [0, 0.05) is 35.8 Å². The van der Waals surface area contributed by atoms with Crippen LogP contribution in [0.5, 0.6) is 11.5 Å². The second kappa shape index (κ2) is 5.57. The fourth-order valence-corrected chi connectivity index (χ4v) is 3.05. The second-order valence-corrected chi connectivity index (χ2v) is 5.74. The van der Waals surface area contributed by atoms with Crippen LogP contribution in [0.3, 0.4) is 0 Å². The molecule has 4 rings (SSSR count). The summed E-state index contributed by atoms with van der Waals surface area (Å²) < 4.78 is 13.3. The molecule has 1 aliphatic rings. The molecule has 0 amide bonds. The van der Waals surface area contributed by atoms with Crippen LogP contribution in [-0.4, -0.2) is 17.0 Å². The Morgan fingerprint density at radius 2 is 2.04 bits per heavy atom. The van der Waals surface area contributed by atoms with Crippen molar-refractivity contribution in [2.24, 2.45) is 7.05 Å². The summed E-state index contributed by atoms with van der Waals surface area (Å²) in [5, 5.41) is 1.09. The molecular formula is C20H17NO3. The number of ketones is 1. The van der Waals surface area contributed by atoms with Gasteiger partial charge in [0.15, 0.2) is 5.76 Å². The van der Waals surface area contributed by atoms with Gasteiger partial charge in [0.25, 0.3) is 0 Å². The molecule has 0 N–H and O–H groups in total. The van der Waals surface area contributed by atoms with Gasteiger partial charge in [0.2, 0.25) is 5.78 Å². The fourth-order valence-electron chi connectivity index (χ4n) is 3.05. The average molecular weight is 319 g/mol. The molecule has 4 heteroatoms. The molecule has 120 valence electrons. The summed E-state index contributed by atoms with van der Waals surface area (Å²) in [4.78, 5) is 12.6. The third kappa shape index (κ3) is 2.27. The zero-order valence-corrected chi connectivity index (χ0v) is 13.6. The highest BCUT2D eigenvalue weighted by Crippen LogP contribution is 2.35. The first-order chi connectivity index (χ1) is 11.7. The first-order valence-electron chi connectivity index (χ1n) is 7.92. The molecule has 1 aliphatic heterocycles. The lowest BCUT2D eigenvalue weighted by molar-refractivity contribution is 0.101. The minimum atomic E-state index is -0.0963. The van der Waals surface area contributed by atoms with Crippen LogP contribution < -0.4 is 9.47 Å². The number of aryl methyl sites for hydroxylation is 1. The van der Waals surface area contributed by atoms with E-state index in [1.807, 2.05) is 49.0 Å². The second-order valence-electron chi connectivity index (χ2n) is 5.74. The zero-order chi connectivity index (χ0) is 16.7. The molecule has 0 saturated carbocycles. The number of carbonyl (C=O) groups excluding carboxylic acids is 1. The third-order valence-corrected chi connectivity index (χ3v) is 4.17. The number of para-hydroxylation sites is 1. The van der Waals surface area contributed by atoms with Gasteiger partial charge < -0.3 is 14.0 Å². The minimum absolute atomic E-state index is 0.0963. The first kappa shape index (κ1) is 14.6. The molecule has 0 fully saturated rings. The molecule has 0 atom stereocenters. The van der Waals surface area contributed by atoms with Crippen LogP contribution in [-0.2, 0) is 7.05 Å². The largest absolute Gasteiger partial charge is 0.494 e. The number of benzene rings is 2. The molecule has 2 aromatic carbocycles. The number of ether oxygens (including phenoxy) is 2. The Morgan fingerprint density at radius 3 is 2.88 bits per heavy atom. The van der Waals surface area contributed by atoms with Crippen molar-refractivity contribution in [3.8, 4) is 11.5 Å². The molecule has 0 bridgehead atoms. The number of allylic oxidation sites excluding steroid dienone is 1. The number of fused-ring (bicyclic) bond motifs is 2. The predicted octanol–water partition coefficient (Wildman–Crippen LogP) is 4.19. The lowest BCUT2D eigenvalue weighted by Crippen LogP contribution is -1.97. The maximum Gasteiger partial charge on any atom is 0.231 e. The molecule has 24 heavy (non-hydrogen) atoms. The highest BCUT2D eigenvalue weighted by molar-refractivity contribution is 6.15. The highest BCUT2D eigenvalue weighted by atomic mass is 16.5. The smallest absolute Gasteiger partial charge is 0.231 e. The normalized spacial score (nSPS) is 14.9. The van der Waals surface area contributed by atoms with E-state index in [0.717, 1.165) is 16.5 Å². The van der Waals surface area contributed by atoms with Gasteiger partial charge in [-0.2, -0.15) is 0 Å². The Morgan fingerprint density at radius 1 is 1.21 bits per heavy atom. The molecular weight excluding hydrogens is 302 g/mol. The number of Topliss-reactive ketones (excluding diaryl/α,β-unsaturated/α-hetero) is 1. The number of rotatable bonds is 3. The van der Waals surface area contributed by atoms with Crippen LogP contribution >= 0.6 is 0 Å². The fraction of sp³-hybridized carbons (Fsp3) is 0.150. The van der Waals surface area contributed by atoms with Gasteiger partial charge in [-0.1, -0.05) is 18.2 Å². The minimum Gasteiger partial charge on any atom is -0.494 e. The Hall–Kier alpha value is -3.01. The summed E-state index contributed by atoms with van der Waals surface area (Å²) in [5.41, 5.74) is 2.66. The van der Waals surface area contributed by atoms with E-state index in [9.17, 15) is 4.79 Å². The molecule has 0 aliphatic carbocycles. The number of hydrogen-bond acceptors (Lipinski definition) is 3. The molecule has 0 unspecified atom stereocenters. The van der Waals surface area contributed by atoms with E-state index >= 15 is 0 Å². The van der Waals surface area contributed by atoms with E-state index in [0.29, 0.717) is 29.4 Å². The van der Waals surface area contributed by atoms with E-state index in [2.05, 4.69) is 6.07 Å². The van der Waals surface area contributed by atoms with Gasteiger partial charge in [-0.15, -0.1) is 0 Å². The van der Waals surface area contributed by atoms with Gasteiger partial charge >= 0.3 is 0 Å². The molecule has 0 saturated heterocycles. The van der Waals surface area contributed by atoms with Gasteiger partial charge in [-0.05, 0) is 31.2 Å². The van der Waals surface area contributed by atoms with Crippen LogP contribution in [0.15, 0.2) is 54.4 Å². The van der Waals surface area contributed by atoms with Crippen LogP contribution in [0.2, 0.25) is 0 Å². The molecule has 2 heterocycles. The summed E-state index contributed by atoms with van der Waals surface area (Å²) in [7, 11) is 1.99. The summed E-state index contributed by atoms with van der Waals surface area (Å²) in [6.45, 7) is 2.50. The van der Waals surface area contributed by atoms with Crippen LogP contribution in [0, 0.1) is 0 Å². The summed E-state index contributed by atoms with van der Waals surface area (Å²) in [6.07, 6.45) is 3.81. The Bertz CT molecular complexity index is 982. The number of nitrogens with zero attached hydrogens (tertiary/aromatic N) is 1. The number of hydrogen-bond donors (Lipinski definition) is 0. The number of carbonyl (C=O) groups is 1.